The lowest BCUT2D eigenvalue weighted by molar-refractivity contribution is 0.0176. The Morgan fingerprint density at radius 1 is 1.30 bits per heavy atom. The zero-order valence-electron chi connectivity index (χ0n) is 14.3. The molecule has 2 aliphatic rings. The topological polar surface area (TPSA) is 67.6 Å². The number of fused-ring (bicyclic) bond motifs is 1. The van der Waals surface area contributed by atoms with Crippen molar-refractivity contribution in [2.75, 3.05) is 30.7 Å². The van der Waals surface area contributed by atoms with Gasteiger partial charge in [0.25, 0.3) is 0 Å². The third-order valence-corrected chi connectivity index (χ3v) is 4.75. The maximum Gasteiger partial charge on any atom is 0.410 e. The van der Waals surface area contributed by atoms with Gasteiger partial charge in [-0.2, -0.15) is 0 Å². The van der Waals surface area contributed by atoms with Gasteiger partial charge in [0.05, 0.1) is 0 Å². The molecule has 0 radical (unpaired) electrons. The Morgan fingerprint density at radius 3 is 2.65 bits per heavy atom. The van der Waals surface area contributed by atoms with Crippen molar-refractivity contribution in [3.63, 3.8) is 0 Å². The molecule has 1 unspecified atom stereocenters. The van der Waals surface area contributed by atoms with E-state index >= 15 is 0 Å². The van der Waals surface area contributed by atoms with E-state index in [1.54, 1.807) is 0 Å². The summed E-state index contributed by atoms with van der Waals surface area (Å²) in [4.78, 5) is 14.0. The van der Waals surface area contributed by atoms with Gasteiger partial charge in [0.2, 0.25) is 0 Å². The van der Waals surface area contributed by atoms with Gasteiger partial charge in [-0.05, 0) is 63.3 Å². The second-order valence-electron chi connectivity index (χ2n) is 7.64. The summed E-state index contributed by atoms with van der Waals surface area (Å²) >= 11 is 0. The van der Waals surface area contributed by atoms with Crippen LogP contribution >= 0.6 is 0 Å². The van der Waals surface area contributed by atoms with E-state index in [1.807, 2.05) is 31.7 Å². The Hall–Kier alpha value is -1.91. The van der Waals surface area contributed by atoms with Gasteiger partial charge in [-0.3, -0.25) is 0 Å². The number of carbonyl (C=O) groups excluding carboxylic acids is 1. The van der Waals surface area contributed by atoms with E-state index < -0.39 is 5.60 Å². The first kappa shape index (κ1) is 16.0. The summed E-state index contributed by atoms with van der Waals surface area (Å²) in [6, 6.07) is 6.11. The van der Waals surface area contributed by atoms with E-state index in [2.05, 4.69) is 17.4 Å². The minimum absolute atomic E-state index is 0.190. The molecule has 3 rings (SSSR count). The largest absolute Gasteiger partial charge is 0.444 e. The minimum Gasteiger partial charge on any atom is -0.444 e. The molecule has 1 amide bonds. The molecule has 0 saturated carbocycles. The molecular formula is C18H27N3O2. The van der Waals surface area contributed by atoms with Crippen LogP contribution in [-0.4, -0.2) is 36.2 Å². The Labute approximate surface area is 138 Å². The van der Waals surface area contributed by atoms with Gasteiger partial charge in [0.15, 0.2) is 0 Å². The molecule has 126 valence electrons. The maximum absolute atomic E-state index is 12.2. The number of likely N-dealkylation sites (tertiary alicyclic amines) is 1. The number of anilines is 2. The van der Waals surface area contributed by atoms with Crippen molar-refractivity contribution in [2.24, 2.45) is 5.92 Å². The number of nitrogen functional groups attached to an aromatic ring is 1. The van der Waals surface area contributed by atoms with Crippen LogP contribution in [0.15, 0.2) is 18.2 Å². The third kappa shape index (κ3) is 3.54. The number of ether oxygens (including phenoxy) is 1. The number of nitrogens with two attached hydrogens (primary N) is 1. The smallest absolute Gasteiger partial charge is 0.410 e. The molecule has 1 saturated heterocycles. The van der Waals surface area contributed by atoms with Gasteiger partial charge in [0, 0.05) is 36.9 Å². The Morgan fingerprint density at radius 2 is 2.00 bits per heavy atom. The van der Waals surface area contributed by atoms with Crippen molar-refractivity contribution in [1.82, 2.24) is 4.90 Å². The highest BCUT2D eigenvalue weighted by Gasteiger charge is 2.34. The second kappa shape index (κ2) is 5.95. The van der Waals surface area contributed by atoms with E-state index in [1.165, 1.54) is 11.3 Å². The molecule has 1 aromatic rings. The number of amides is 1. The highest BCUT2D eigenvalue weighted by molar-refractivity contribution is 5.68. The van der Waals surface area contributed by atoms with E-state index in [0.29, 0.717) is 11.8 Å². The standard InChI is InChI=1S/C18H27N3O2/c1-18(2,3)23-17(22)21-8-6-12(7-9-21)15-11-20-16-5-4-13(19)10-14(15)16/h4-5,10,12,15,20H,6-9,11,19H2,1-3H3. The van der Waals surface area contributed by atoms with E-state index in [-0.39, 0.29) is 6.09 Å². The van der Waals surface area contributed by atoms with Gasteiger partial charge in [-0.25, -0.2) is 4.79 Å². The second-order valence-corrected chi connectivity index (χ2v) is 7.64. The highest BCUT2D eigenvalue weighted by atomic mass is 16.6. The summed E-state index contributed by atoms with van der Waals surface area (Å²) in [7, 11) is 0. The first-order chi connectivity index (χ1) is 10.8. The molecule has 0 aromatic heterocycles. The quantitative estimate of drug-likeness (QED) is 0.779. The molecular weight excluding hydrogens is 290 g/mol. The van der Waals surface area contributed by atoms with Crippen LogP contribution in [0.1, 0.15) is 45.1 Å². The van der Waals surface area contributed by atoms with Crippen LogP contribution in [0.25, 0.3) is 0 Å². The molecule has 0 aliphatic carbocycles. The van der Waals surface area contributed by atoms with E-state index in [4.69, 9.17) is 10.5 Å². The van der Waals surface area contributed by atoms with Crippen molar-refractivity contribution >= 4 is 17.5 Å². The molecule has 1 aromatic carbocycles. The highest BCUT2D eigenvalue weighted by Crippen LogP contribution is 2.41. The van der Waals surface area contributed by atoms with Gasteiger partial charge in [-0.15, -0.1) is 0 Å². The fourth-order valence-corrected chi connectivity index (χ4v) is 3.61. The first-order valence-corrected chi connectivity index (χ1v) is 8.45. The van der Waals surface area contributed by atoms with Crippen molar-refractivity contribution in [2.45, 2.75) is 45.1 Å². The molecule has 1 fully saturated rings. The lowest BCUT2D eigenvalue weighted by Crippen LogP contribution is -2.42. The zero-order valence-corrected chi connectivity index (χ0v) is 14.3. The van der Waals surface area contributed by atoms with Crippen LogP contribution in [0.2, 0.25) is 0 Å². The third-order valence-electron chi connectivity index (χ3n) is 4.75. The molecule has 2 aliphatic heterocycles. The van der Waals surface area contributed by atoms with Crippen molar-refractivity contribution in [1.29, 1.82) is 0 Å². The van der Waals surface area contributed by atoms with Gasteiger partial charge < -0.3 is 20.7 Å². The zero-order chi connectivity index (χ0) is 16.6. The number of piperidine rings is 1. The molecule has 3 N–H and O–H groups in total. The van der Waals surface area contributed by atoms with Crippen LogP contribution in [0, 0.1) is 5.92 Å². The predicted octanol–water partition coefficient (Wildman–Crippen LogP) is 3.43. The van der Waals surface area contributed by atoms with Gasteiger partial charge in [-0.1, -0.05) is 0 Å². The molecule has 5 nitrogen and oxygen atoms in total. The summed E-state index contributed by atoms with van der Waals surface area (Å²) in [6.45, 7) is 8.23. The van der Waals surface area contributed by atoms with E-state index in [0.717, 1.165) is 38.2 Å². The Balaban J connectivity index is 1.61. The monoisotopic (exact) mass is 317 g/mol. The molecule has 5 heteroatoms. The maximum atomic E-state index is 12.2. The average molecular weight is 317 g/mol. The number of hydrogen-bond acceptors (Lipinski definition) is 4. The van der Waals surface area contributed by atoms with Crippen LogP contribution < -0.4 is 11.1 Å². The summed E-state index contributed by atoms with van der Waals surface area (Å²) in [5.41, 5.74) is 8.88. The summed E-state index contributed by atoms with van der Waals surface area (Å²) in [5.74, 6) is 1.08. The number of nitrogens with zero attached hydrogens (tertiary/aromatic N) is 1. The van der Waals surface area contributed by atoms with Crippen LogP contribution in [-0.2, 0) is 4.74 Å². The van der Waals surface area contributed by atoms with Crippen molar-refractivity contribution in [3.8, 4) is 0 Å². The Kier molecular flexibility index (Phi) is 4.13. The minimum atomic E-state index is -0.431. The fraction of sp³-hybridized carbons (Fsp3) is 0.611. The SMILES string of the molecule is CC(C)(C)OC(=O)N1CCC(C2CNc3ccc(N)cc32)CC1. The van der Waals surface area contributed by atoms with Gasteiger partial charge in [0.1, 0.15) is 5.60 Å². The summed E-state index contributed by atoms with van der Waals surface area (Å²) in [6.07, 6.45) is 1.84. The summed E-state index contributed by atoms with van der Waals surface area (Å²) in [5, 5.41) is 3.48. The lowest BCUT2D eigenvalue weighted by atomic mass is 9.81. The number of benzene rings is 1. The molecule has 1 atom stereocenters. The van der Waals surface area contributed by atoms with Gasteiger partial charge >= 0.3 is 6.09 Å². The summed E-state index contributed by atoms with van der Waals surface area (Å²) < 4.78 is 5.47. The van der Waals surface area contributed by atoms with Crippen molar-refractivity contribution in [3.05, 3.63) is 23.8 Å². The Bertz CT molecular complexity index is 586. The number of nitrogens with one attached hydrogen (secondary N) is 1. The fourth-order valence-electron chi connectivity index (χ4n) is 3.61. The van der Waals surface area contributed by atoms with Crippen molar-refractivity contribution < 1.29 is 9.53 Å². The van der Waals surface area contributed by atoms with Crippen LogP contribution in [0.3, 0.4) is 0 Å². The molecule has 0 spiro atoms. The molecule has 2 heterocycles. The number of rotatable bonds is 1. The first-order valence-electron chi connectivity index (χ1n) is 8.45. The van der Waals surface area contributed by atoms with Crippen LogP contribution in [0.5, 0.6) is 0 Å². The molecule has 23 heavy (non-hydrogen) atoms. The molecule has 0 bridgehead atoms. The number of hydrogen-bond donors (Lipinski definition) is 2. The lowest BCUT2D eigenvalue weighted by Gasteiger charge is -2.35. The average Bonchev–Trinajstić information content (AvgIpc) is 2.88. The van der Waals surface area contributed by atoms with Crippen LogP contribution in [0.4, 0.5) is 16.2 Å². The number of carbonyl (C=O) groups is 1. The van der Waals surface area contributed by atoms with E-state index in [9.17, 15) is 4.79 Å². The normalized spacial score (nSPS) is 21.7. The predicted molar refractivity (Wildman–Crippen MR) is 92.6 cm³/mol.